The Kier molecular flexibility index (Phi) is 11.4. The lowest BCUT2D eigenvalue weighted by Gasteiger charge is -2.34. The van der Waals surface area contributed by atoms with Crippen LogP contribution in [0.2, 0.25) is 10.0 Å². The van der Waals surface area contributed by atoms with Crippen molar-refractivity contribution >= 4 is 50.7 Å². The molecule has 0 radical (unpaired) electrons. The van der Waals surface area contributed by atoms with Gasteiger partial charge in [0.05, 0.1) is 26.2 Å². The molecule has 0 bridgehead atoms. The second-order valence-electron chi connectivity index (χ2n) is 10.7. The Morgan fingerprint density at radius 2 is 1.61 bits per heavy atom. The molecule has 2 amide bonds. The Labute approximate surface area is 269 Å². The van der Waals surface area contributed by atoms with Gasteiger partial charge in [0.1, 0.15) is 24.1 Å². The van der Waals surface area contributed by atoms with E-state index in [1.54, 1.807) is 24.3 Å². The van der Waals surface area contributed by atoms with Gasteiger partial charge < -0.3 is 19.7 Å². The van der Waals surface area contributed by atoms with Crippen molar-refractivity contribution in [3.8, 4) is 11.5 Å². The SMILES string of the molecule is COc1ccc(N(CC(=O)N(Cc2c(Cl)cccc2Cl)[C@@H](Cc2ccccc2)C(=O)NC2CCCC2)S(C)(=O)=O)c(OC)c1. The quantitative estimate of drug-likeness (QED) is 0.260. The zero-order valence-corrected chi connectivity index (χ0v) is 27.3. The maximum atomic E-state index is 14.4. The smallest absolute Gasteiger partial charge is 0.244 e. The van der Waals surface area contributed by atoms with Crippen molar-refractivity contribution in [1.82, 2.24) is 10.2 Å². The van der Waals surface area contributed by atoms with Crippen LogP contribution in [0, 0.1) is 0 Å². The van der Waals surface area contributed by atoms with Gasteiger partial charge in [-0.3, -0.25) is 13.9 Å². The topological polar surface area (TPSA) is 105 Å². The first-order valence-corrected chi connectivity index (χ1v) is 16.9. The highest BCUT2D eigenvalue weighted by atomic mass is 35.5. The number of nitrogens with zero attached hydrogens (tertiary/aromatic N) is 2. The summed E-state index contributed by atoms with van der Waals surface area (Å²) in [6.07, 6.45) is 4.93. The van der Waals surface area contributed by atoms with E-state index in [0.717, 1.165) is 41.8 Å². The van der Waals surface area contributed by atoms with E-state index in [9.17, 15) is 18.0 Å². The van der Waals surface area contributed by atoms with E-state index < -0.39 is 28.5 Å². The lowest BCUT2D eigenvalue weighted by molar-refractivity contribution is -0.140. The lowest BCUT2D eigenvalue weighted by Crippen LogP contribution is -2.54. The molecule has 1 fully saturated rings. The summed E-state index contributed by atoms with van der Waals surface area (Å²) in [5.41, 5.74) is 1.43. The second-order valence-corrected chi connectivity index (χ2v) is 13.4. The van der Waals surface area contributed by atoms with E-state index >= 15 is 0 Å². The summed E-state index contributed by atoms with van der Waals surface area (Å²) < 4.78 is 38.0. The van der Waals surface area contributed by atoms with Crippen LogP contribution in [0.5, 0.6) is 11.5 Å². The molecule has 236 valence electrons. The van der Waals surface area contributed by atoms with Crippen molar-refractivity contribution in [2.45, 2.75) is 50.7 Å². The zero-order chi connectivity index (χ0) is 31.9. The third kappa shape index (κ3) is 8.37. The molecular formula is C32H37Cl2N3O6S. The molecule has 1 aliphatic carbocycles. The largest absolute Gasteiger partial charge is 0.497 e. The number of benzene rings is 3. The number of carbonyl (C=O) groups excluding carboxylic acids is 2. The minimum Gasteiger partial charge on any atom is -0.497 e. The first kappa shape index (κ1) is 33.4. The highest BCUT2D eigenvalue weighted by Crippen LogP contribution is 2.34. The van der Waals surface area contributed by atoms with Crippen LogP contribution < -0.4 is 19.1 Å². The number of ether oxygens (including phenoxy) is 2. The molecule has 0 heterocycles. The fourth-order valence-electron chi connectivity index (χ4n) is 5.36. The fourth-order valence-corrected chi connectivity index (χ4v) is 6.73. The molecule has 9 nitrogen and oxygen atoms in total. The molecule has 1 N–H and O–H groups in total. The number of anilines is 1. The molecule has 3 aromatic carbocycles. The molecule has 0 aliphatic heterocycles. The number of methoxy groups -OCH3 is 2. The van der Waals surface area contributed by atoms with Crippen molar-refractivity contribution in [3.05, 3.63) is 87.9 Å². The number of nitrogens with one attached hydrogen (secondary N) is 1. The van der Waals surface area contributed by atoms with Crippen LogP contribution in [0.3, 0.4) is 0 Å². The molecule has 1 atom stereocenters. The molecule has 0 spiro atoms. The minimum absolute atomic E-state index is 0.00213. The summed E-state index contributed by atoms with van der Waals surface area (Å²) in [6, 6.07) is 18.0. The summed E-state index contributed by atoms with van der Waals surface area (Å²) in [6.45, 7) is -0.726. The third-order valence-corrected chi connectivity index (χ3v) is 9.53. The van der Waals surface area contributed by atoms with Crippen LogP contribution in [0.1, 0.15) is 36.8 Å². The van der Waals surface area contributed by atoms with Gasteiger partial charge in [-0.05, 0) is 42.7 Å². The number of carbonyl (C=O) groups is 2. The number of hydrogen-bond acceptors (Lipinski definition) is 6. The Morgan fingerprint density at radius 1 is 0.955 bits per heavy atom. The van der Waals surface area contributed by atoms with Crippen molar-refractivity contribution < 1.29 is 27.5 Å². The summed E-state index contributed by atoms with van der Waals surface area (Å²) in [5, 5.41) is 3.77. The maximum Gasteiger partial charge on any atom is 0.244 e. The summed E-state index contributed by atoms with van der Waals surface area (Å²) in [5.74, 6) is -0.299. The predicted octanol–water partition coefficient (Wildman–Crippen LogP) is 5.48. The van der Waals surface area contributed by atoms with Gasteiger partial charge in [0.2, 0.25) is 21.8 Å². The van der Waals surface area contributed by atoms with Gasteiger partial charge >= 0.3 is 0 Å². The summed E-state index contributed by atoms with van der Waals surface area (Å²) >= 11 is 13.1. The van der Waals surface area contributed by atoms with Crippen molar-refractivity contribution in [2.24, 2.45) is 0 Å². The van der Waals surface area contributed by atoms with E-state index in [4.69, 9.17) is 32.7 Å². The standard InChI is InChI=1S/C32H37Cl2N3O6S/c1-42-24-16-17-28(30(19-24)43-2)37(44(3,40)41)21-31(38)36(20-25-26(33)14-9-15-27(25)34)29(18-22-10-5-4-6-11-22)32(39)35-23-12-7-8-13-23/h4-6,9-11,14-17,19,23,29H,7-8,12-13,18,20-21H2,1-3H3,(H,35,39)/t29-/m0/s1. The van der Waals surface area contributed by atoms with Crippen LogP contribution in [-0.4, -0.2) is 64.2 Å². The summed E-state index contributed by atoms with van der Waals surface area (Å²) in [7, 11) is -1.12. The Hall–Kier alpha value is -3.47. The minimum atomic E-state index is -4.00. The molecule has 1 aliphatic rings. The zero-order valence-electron chi connectivity index (χ0n) is 25.0. The Bertz CT molecular complexity index is 1550. The molecule has 0 unspecified atom stereocenters. The van der Waals surface area contributed by atoms with Crippen LogP contribution in [0.25, 0.3) is 0 Å². The first-order valence-electron chi connectivity index (χ1n) is 14.3. The Balaban J connectivity index is 1.79. The lowest BCUT2D eigenvalue weighted by atomic mass is 10.0. The maximum absolute atomic E-state index is 14.4. The summed E-state index contributed by atoms with van der Waals surface area (Å²) in [4.78, 5) is 29.8. The molecule has 0 aromatic heterocycles. The number of hydrogen-bond donors (Lipinski definition) is 1. The van der Waals surface area contributed by atoms with Gasteiger partial charge in [0.25, 0.3) is 0 Å². The van der Waals surface area contributed by atoms with Crippen LogP contribution >= 0.6 is 23.2 Å². The highest BCUT2D eigenvalue weighted by molar-refractivity contribution is 7.92. The third-order valence-electron chi connectivity index (χ3n) is 7.70. The average molecular weight is 663 g/mol. The predicted molar refractivity (Wildman–Crippen MR) is 173 cm³/mol. The van der Waals surface area contributed by atoms with Gasteiger partial charge in [-0.1, -0.05) is 72.4 Å². The highest BCUT2D eigenvalue weighted by Gasteiger charge is 2.35. The number of halogens is 2. The number of rotatable bonds is 13. The molecule has 3 aromatic rings. The van der Waals surface area contributed by atoms with E-state index in [1.165, 1.54) is 31.3 Å². The first-order chi connectivity index (χ1) is 21.0. The van der Waals surface area contributed by atoms with E-state index in [0.29, 0.717) is 21.4 Å². The normalized spacial score (nSPS) is 14.1. The molecule has 1 saturated carbocycles. The fraction of sp³-hybridized carbons (Fsp3) is 0.375. The monoisotopic (exact) mass is 661 g/mol. The number of sulfonamides is 1. The number of amides is 2. The molecular weight excluding hydrogens is 625 g/mol. The molecule has 4 rings (SSSR count). The second kappa shape index (κ2) is 15.0. The van der Waals surface area contributed by atoms with Gasteiger partial charge in [-0.15, -0.1) is 0 Å². The van der Waals surface area contributed by atoms with Crippen molar-refractivity contribution in [2.75, 3.05) is 31.3 Å². The van der Waals surface area contributed by atoms with Crippen LogP contribution in [-0.2, 0) is 32.6 Å². The van der Waals surface area contributed by atoms with E-state index in [-0.39, 0.29) is 36.4 Å². The Morgan fingerprint density at radius 3 is 2.20 bits per heavy atom. The van der Waals surface area contributed by atoms with Crippen molar-refractivity contribution in [1.29, 1.82) is 0 Å². The van der Waals surface area contributed by atoms with Gasteiger partial charge in [0, 0.05) is 40.7 Å². The van der Waals surface area contributed by atoms with Gasteiger partial charge in [-0.25, -0.2) is 8.42 Å². The van der Waals surface area contributed by atoms with Gasteiger partial charge in [-0.2, -0.15) is 0 Å². The van der Waals surface area contributed by atoms with Gasteiger partial charge in [0.15, 0.2) is 0 Å². The molecule has 12 heteroatoms. The van der Waals surface area contributed by atoms with E-state index in [1.807, 2.05) is 30.3 Å². The van der Waals surface area contributed by atoms with E-state index in [2.05, 4.69) is 5.32 Å². The van der Waals surface area contributed by atoms with Crippen molar-refractivity contribution in [3.63, 3.8) is 0 Å². The van der Waals surface area contributed by atoms with Crippen LogP contribution in [0.4, 0.5) is 5.69 Å². The molecule has 0 saturated heterocycles. The average Bonchev–Trinajstić information content (AvgIpc) is 3.51. The molecule has 44 heavy (non-hydrogen) atoms. The van der Waals surface area contributed by atoms with Crippen LogP contribution in [0.15, 0.2) is 66.7 Å².